The molecule has 0 amide bonds. The molecule has 9 heteroatoms. The monoisotopic (exact) mass is 369 g/mol. The van der Waals surface area contributed by atoms with Crippen molar-refractivity contribution in [2.45, 2.75) is 31.5 Å². The van der Waals surface area contributed by atoms with Gasteiger partial charge in [0.05, 0.1) is 16.8 Å². The maximum absolute atomic E-state index is 12.9. The van der Waals surface area contributed by atoms with Crippen molar-refractivity contribution in [1.29, 1.82) is 0 Å². The van der Waals surface area contributed by atoms with Crippen molar-refractivity contribution in [3.8, 4) is 0 Å². The van der Waals surface area contributed by atoms with Crippen molar-refractivity contribution in [1.82, 2.24) is 4.98 Å². The standard InChI is InChI=1S/C12H8F4N2.C5H10N2O/c13-8-4-5-10(9(7-8)12(14,15)16)18-11-3-1-2-6-17-11;1-5(2-3-5)7-4(6)8/h1-7H,(H,17,18);2-3H2,1H3,(H3,6,7,8)/p-1. The first-order valence-corrected chi connectivity index (χ1v) is 7.66. The van der Waals surface area contributed by atoms with Crippen LogP contribution in [0.25, 0.3) is 0 Å². The minimum atomic E-state index is -4.63. The second kappa shape index (κ2) is 7.59. The van der Waals surface area contributed by atoms with Crippen LogP contribution in [-0.4, -0.2) is 16.5 Å². The molecule has 1 aliphatic rings. The second-order valence-electron chi connectivity index (χ2n) is 5.97. The van der Waals surface area contributed by atoms with Crippen molar-refractivity contribution < 1.29 is 22.7 Å². The van der Waals surface area contributed by atoms with Crippen molar-refractivity contribution in [2.75, 3.05) is 5.32 Å². The molecule has 1 aromatic carbocycles. The predicted octanol–water partition coefficient (Wildman–Crippen LogP) is 3.20. The molecule has 3 rings (SSSR count). The quantitative estimate of drug-likeness (QED) is 0.494. The lowest BCUT2D eigenvalue weighted by Gasteiger charge is -2.14. The van der Waals surface area contributed by atoms with Gasteiger partial charge < -0.3 is 16.2 Å². The van der Waals surface area contributed by atoms with Gasteiger partial charge in [-0.1, -0.05) is 6.07 Å². The van der Waals surface area contributed by atoms with Crippen LogP contribution in [0.15, 0.2) is 47.6 Å². The third kappa shape index (κ3) is 5.91. The molecule has 0 radical (unpaired) electrons. The summed E-state index contributed by atoms with van der Waals surface area (Å²) in [4.78, 5) is 7.51. The number of alkyl halides is 3. The molecule has 3 N–H and O–H groups in total. The molecule has 1 aliphatic carbocycles. The Morgan fingerprint density at radius 1 is 1.27 bits per heavy atom. The molecule has 1 heterocycles. The smallest absolute Gasteiger partial charge is 0.418 e. The van der Waals surface area contributed by atoms with Crippen molar-refractivity contribution in [3.63, 3.8) is 0 Å². The zero-order valence-electron chi connectivity index (χ0n) is 13.8. The summed E-state index contributed by atoms with van der Waals surface area (Å²) in [6.07, 6.45) is -1.16. The fourth-order valence-corrected chi connectivity index (χ4v) is 1.99. The van der Waals surface area contributed by atoms with E-state index in [0.29, 0.717) is 6.07 Å². The van der Waals surface area contributed by atoms with E-state index in [1.807, 2.05) is 6.92 Å². The van der Waals surface area contributed by atoms with Gasteiger partial charge in [0.2, 0.25) is 0 Å². The maximum Gasteiger partial charge on any atom is 0.418 e. The molecule has 1 saturated carbocycles. The number of aliphatic imine (C=N–C) groups is 1. The van der Waals surface area contributed by atoms with Gasteiger partial charge in [-0.2, -0.15) is 13.2 Å². The van der Waals surface area contributed by atoms with Crippen LogP contribution in [0.1, 0.15) is 25.3 Å². The number of amidine groups is 1. The SMILES string of the molecule is CC1(N=C(N)[O-])CC1.Fc1ccc(Nc2ccccn2)c(C(F)(F)F)c1. The Labute approximate surface area is 147 Å². The molecular weight excluding hydrogens is 352 g/mol. The van der Waals surface area contributed by atoms with Crippen LogP contribution < -0.4 is 16.2 Å². The first-order chi connectivity index (χ1) is 12.1. The Morgan fingerprint density at radius 2 is 1.96 bits per heavy atom. The molecule has 5 nitrogen and oxygen atoms in total. The maximum atomic E-state index is 12.9. The van der Waals surface area contributed by atoms with Crippen LogP contribution in [0.3, 0.4) is 0 Å². The van der Waals surface area contributed by atoms with Gasteiger partial charge in [-0.3, -0.25) is 4.99 Å². The van der Waals surface area contributed by atoms with Crippen molar-refractivity contribution >= 4 is 17.5 Å². The topological polar surface area (TPSA) is 86.4 Å². The van der Waals surface area contributed by atoms with Crippen LogP contribution in [0, 0.1) is 5.82 Å². The van der Waals surface area contributed by atoms with E-state index in [1.54, 1.807) is 12.1 Å². The van der Waals surface area contributed by atoms with Gasteiger partial charge in [0.1, 0.15) is 11.6 Å². The molecule has 0 bridgehead atoms. The van der Waals surface area contributed by atoms with Gasteiger partial charge in [0.25, 0.3) is 0 Å². The lowest BCUT2D eigenvalue weighted by molar-refractivity contribution is -0.218. The summed E-state index contributed by atoms with van der Waals surface area (Å²) in [7, 11) is 0. The molecule has 1 fully saturated rings. The van der Waals surface area contributed by atoms with E-state index < -0.39 is 23.6 Å². The lowest BCUT2D eigenvalue weighted by Crippen LogP contribution is -2.29. The Balaban J connectivity index is 0.000000254. The number of rotatable bonds is 3. The van der Waals surface area contributed by atoms with E-state index in [4.69, 9.17) is 5.73 Å². The third-order valence-electron chi connectivity index (χ3n) is 3.57. The van der Waals surface area contributed by atoms with Gasteiger partial charge in [0, 0.05) is 12.2 Å². The fourth-order valence-electron chi connectivity index (χ4n) is 1.99. The Bertz CT molecular complexity index is 770. The number of benzene rings is 1. The van der Waals surface area contributed by atoms with E-state index in [-0.39, 0.29) is 17.0 Å². The van der Waals surface area contributed by atoms with Gasteiger partial charge in [-0.25, -0.2) is 9.37 Å². The van der Waals surface area contributed by atoms with Gasteiger partial charge >= 0.3 is 6.18 Å². The highest BCUT2D eigenvalue weighted by molar-refractivity contribution is 5.67. The van der Waals surface area contributed by atoms with Crippen molar-refractivity contribution in [3.05, 3.63) is 54.0 Å². The molecule has 1 aromatic heterocycles. The lowest BCUT2D eigenvalue weighted by atomic mass is 10.1. The normalized spacial score (nSPS) is 15.7. The molecule has 0 saturated heterocycles. The summed E-state index contributed by atoms with van der Waals surface area (Å²) in [5.74, 6) is -0.677. The molecule has 0 aliphatic heterocycles. The predicted molar refractivity (Wildman–Crippen MR) is 88.2 cm³/mol. The first-order valence-electron chi connectivity index (χ1n) is 7.66. The molecule has 0 unspecified atom stereocenters. The van der Waals surface area contributed by atoms with Gasteiger partial charge in [-0.15, -0.1) is 0 Å². The Hall–Kier alpha value is -2.84. The number of nitrogens with zero attached hydrogens (tertiary/aromatic N) is 2. The van der Waals surface area contributed by atoms with Crippen LogP contribution in [0.2, 0.25) is 0 Å². The molecule has 26 heavy (non-hydrogen) atoms. The first kappa shape index (κ1) is 19.5. The number of anilines is 2. The van der Waals surface area contributed by atoms with Crippen LogP contribution in [0.5, 0.6) is 0 Å². The summed E-state index contributed by atoms with van der Waals surface area (Å²) in [5.41, 5.74) is 3.44. The van der Waals surface area contributed by atoms with E-state index in [1.165, 1.54) is 12.3 Å². The summed E-state index contributed by atoms with van der Waals surface area (Å²) < 4.78 is 51.0. The number of halogens is 4. The summed E-state index contributed by atoms with van der Waals surface area (Å²) in [5, 5.41) is 12.6. The van der Waals surface area contributed by atoms with E-state index in [0.717, 1.165) is 25.0 Å². The molecule has 2 aromatic rings. The van der Waals surface area contributed by atoms with E-state index in [9.17, 15) is 22.7 Å². The number of pyridine rings is 1. The average molecular weight is 369 g/mol. The number of aromatic nitrogens is 1. The van der Waals surface area contributed by atoms with Crippen LogP contribution in [0.4, 0.5) is 29.1 Å². The van der Waals surface area contributed by atoms with Gasteiger partial charge in [-0.05, 0) is 50.1 Å². The van der Waals surface area contributed by atoms with Crippen LogP contribution in [-0.2, 0) is 6.18 Å². The number of nitrogens with one attached hydrogen (secondary N) is 1. The largest absolute Gasteiger partial charge is 0.847 e. The minimum absolute atomic E-state index is 0.0775. The van der Waals surface area contributed by atoms with E-state index >= 15 is 0 Å². The highest BCUT2D eigenvalue weighted by atomic mass is 19.4. The average Bonchev–Trinajstić information content (AvgIpc) is 3.26. The molecule has 0 spiro atoms. The Morgan fingerprint density at radius 3 is 2.42 bits per heavy atom. The van der Waals surface area contributed by atoms with E-state index in [2.05, 4.69) is 15.3 Å². The second-order valence-corrected chi connectivity index (χ2v) is 5.97. The summed E-state index contributed by atoms with van der Waals surface area (Å²) >= 11 is 0. The molecule has 140 valence electrons. The summed E-state index contributed by atoms with van der Waals surface area (Å²) in [6, 6.07) is 6.69. The number of nitrogens with two attached hydrogens (primary N) is 1. The zero-order valence-corrected chi connectivity index (χ0v) is 13.8. The fraction of sp³-hybridized carbons (Fsp3) is 0.294. The van der Waals surface area contributed by atoms with Crippen molar-refractivity contribution in [2.24, 2.45) is 10.7 Å². The molecular formula is C17H17F4N4O-. The van der Waals surface area contributed by atoms with Crippen LogP contribution >= 0.6 is 0 Å². The number of hydrogen-bond donors (Lipinski definition) is 2. The zero-order chi connectivity index (χ0) is 19.4. The minimum Gasteiger partial charge on any atom is -0.847 e. The highest BCUT2D eigenvalue weighted by Gasteiger charge is 2.36. The third-order valence-corrected chi connectivity index (χ3v) is 3.57. The summed E-state index contributed by atoms with van der Waals surface area (Å²) in [6.45, 7) is 1.93. The molecule has 0 atom stereocenters. The highest BCUT2D eigenvalue weighted by Crippen LogP contribution is 2.38. The number of hydrogen-bond acceptors (Lipinski definition) is 4. The van der Waals surface area contributed by atoms with Gasteiger partial charge in [0.15, 0.2) is 0 Å². The Kier molecular flexibility index (Phi) is 5.69.